The van der Waals surface area contributed by atoms with Crippen molar-refractivity contribution < 1.29 is 4.39 Å². The van der Waals surface area contributed by atoms with Crippen LogP contribution in [0.25, 0.3) is 11.4 Å². The monoisotopic (exact) mass is 289 g/mol. The molecule has 1 aliphatic heterocycles. The van der Waals surface area contributed by atoms with Crippen LogP contribution in [0, 0.1) is 12.7 Å². The second kappa shape index (κ2) is 5.44. The zero-order chi connectivity index (χ0) is 15.0. The van der Waals surface area contributed by atoms with Crippen molar-refractivity contribution in [2.75, 3.05) is 11.4 Å². The van der Waals surface area contributed by atoms with Crippen LogP contribution in [0.1, 0.15) is 25.3 Å². The van der Waals surface area contributed by atoms with E-state index in [-0.39, 0.29) is 17.9 Å². The van der Waals surface area contributed by atoms with Crippen molar-refractivity contribution in [2.45, 2.75) is 38.8 Å². The molecule has 1 aromatic heterocycles. The Labute approximate surface area is 123 Å². The summed E-state index contributed by atoms with van der Waals surface area (Å²) < 4.78 is 13.2. The normalized spacial score (nSPS) is 22.6. The highest BCUT2D eigenvalue weighted by Crippen LogP contribution is 2.25. The Hall–Kier alpha value is -1.95. The predicted octanol–water partition coefficient (Wildman–Crippen LogP) is 2.24. The van der Waals surface area contributed by atoms with Crippen LogP contribution in [0.5, 0.6) is 0 Å². The number of aromatic nitrogens is 3. The Bertz CT molecular complexity index is 639. The van der Waals surface area contributed by atoms with E-state index in [4.69, 9.17) is 5.73 Å². The third kappa shape index (κ3) is 2.63. The molecule has 1 aromatic carbocycles. The van der Waals surface area contributed by atoms with Gasteiger partial charge in [-0.05, 0) is 50.5 Å². The highest BCUT2D eigenvalue weighted by molar-refractivity contribution is 5.61. The van der Waals surface area contributed by atoms with Crippen LogP contribution < -0.4 is 10.6 Å². The summed E-state index contributed by atoms with van der Waals surface area (Å²) in [6.07, 6.45) is 2.08. The number of rotatable bonds is 2. The first-order valence-corrected chi connectivity index (χ1v) is 7.27. The number of aryl methyl sites for hydroxylation is 1. The minimum Gasteiger partial charge on any atom is -0.335 e. The van der Waals surface area contributed by atoms with E-state index in [1.807, 2.05) is 6.92 Å². The molecule has 3 rings (SSSR count). The number of nitrogens with two attached hydrogens (primary N) is 1. The van der Waals surface area contributed by atoms with Crippen LogP contribution in [0.3, 0.4) is 0 Å². The second-order valence-corrected chi connectivity index (χ2v) is 5.68. The molecule has 2 heterocycles. The number of benzene rings is 1. The lowest BCUT2D eigenvalue weighted by Gasteiger charge is -2.36. The van der Waals surface area contributed by atoms with Gasteiger partial charge >= 0.3 is 0 Å². The smallest absolute Gasteiger partial charge is 0.245 e. The molecule has 6 heteroatoms. The van der Waals surface area contributed by atoms with E-state index in [9.17, 15) is 4.39 Å². The maximum atomic E-state index is 13.2. The number of hydrogen-bond acceptors (Lipinski definition) is 4. The Morgan fingerprint density at radius 2 is 2.24 bits per heavy atom. The first-order valence-electron chi connectivity index (χ1n) is 7.27. The fourth-order valence-corrected chi connectivity index (χ4v) is 2.85. The van der Waals surface area contributed by atoms with Crippen LogP contribution >= 0.6 is 0 Å². The lowest BCUT2D eigenvalue weighted by Crippen LogP contribution is -2.50. The van der Waals surface area contributed by atoms with Gasteiger partial charge in [0.05, 0.1) is 0 Å². The predicted molar refractivity (Wildman–Crippen MR) is 80.5 cm³/mol. The third-order valence-corrected chi connectivity index (χ3v) is 4.22. The van der Waals surface area contributed by atoms with Crippen LogP contribution in [-0.4, -0.2) is 33.8 Å². The van der Waals surface area contributed by atoms with Gasteiger partial charge in [-0.25, -0.2) is 4.39 Å². The van der Waals surface area contributed by atoms with Gasteiger partial charge in [0.1, 0.15) is 5.82 Å². The van der Waals surface area contributed by atoms with Gasteiger partial charge in [-0.15, -0.1) is 5.10 Å². The number of nitrogens with zero attached hydrogens (tertiary/aromatic N) is 3. The quantitative estimate of drug-likeness (QED) is 0.889. The van der Waals surface area contributed by atoms with Crippen LogP contribution in [0.15, 0.2) is 18.2 Å². The minimum atomic E-state index is -0.244. The highest BCUT2D eigenvalue weighted by atomic mass is 19.1. The van der Waals surface area contributed by atoms with Crippen molar-refractivity contribution in [1.82, 2.24) is 15.2 Å². The van der Waals surface area contributed by atoms with E-state index < -0.39 is 0 Å². The Morgan fingerprint density at radius 3 is 3.00 bits per heavy atom. The van der Waals surface area contributed by atoms with Gasteiger partial charge in [-0.3, -0.25) is 5.10 Å². The molecule has 3 N–H and O–H groups in total. The van der Waals surface area contributed by atoms with Crippen molar-refractivity contribution in [2.24, 2.45) is 5.73 Å². The highest BCUT2D eigenvalue weighted by Gasteiger charge is 2.27. The molecule has 2 atom stereocenters. The summed E-state index contributed by atoms with van der Waals surface area (Å²) in [7, 11) is 0. The lowest BCUT2D eigenvalue weighted by atomic mass is 9.99. The summed E-state index contributed by atoms with van der Waals surface area (Å²) in [6, 6.07) is 5.02. The van der Waals surface area contributed by atoms with Crippen molar-refractivity contribution in [1.29, 1.82) is 0 Å². The number of halogens is 1. The number of hydrogen-bond donors (Lipinski definition) is 2. The van der Waals surface area contributed by atoms with Gasteiger partial charge in [0, 0.05) is 24.2 Å². The van der Waals surface area contributed by atoms with Gasteiger partial charge in [0.25, 0.3) is 0 Å². The van der Waals surface area contributed by atoms with Gasteiger partial charge in [0.15, 0.2) is 5.82 Å². The Balaban J connectivity index is 1.89. The maximum Gasteiger partial charge on any atom is 0.245 e. The number of H-pyrrole nitrogens is 1. The largest absolute Gasteiger partial charge is 0.335 e. The first kappa shape index (κ1) is 14.0. The summed E-state index contributed by atoms with van der Waals surface area (Å²) in [5.41, 5.74) is 7.81. The lowest BCUT2D eigenvalue weighted by molar-refractivity contribution is 0.416. The van der Waals surface area contributed by atoms with E-state index in [1.165, 1.54) is 12.1 Å². The second-order valence-electron chi connectivity index (χ2n) is 5.68. The fraction of sp³-hybridized carbons (Fsp3) is 0.467. The standard InChI is InChI=1S/C15H20FN5/c1-9-8-11(16)5-6-12(9)14-18-15(20-19-14)21-7-3-4-13(17)10(21)2/h5-6,8,10,13H,3-4,7,17H2,1-2H3,(H,18,19,20). The summed E-state index contributed by atoms with van der Waals surface area (Å²) in [6.45, 7) is 4.87. The number of piperidine rings is 1. The van der Waals surface area contributed by atoms with Crippen LogP contribution in [-0.2, 0) is 0 Å². The van der Waals surface area contributed by atoms with Crippen LogP contribution in [0.4, 0.5) is 10.3 Å². The summed E-state index contributed by atoms with van der Waals surface area (Å²) in [5.74, 6) is 1.08. The zero-order valence-corrected chi connectivity index (χ0v) is 12.3. The minimum absolute atomic E-state index is 0.147. The fourth-order valence-electron chi connectivity index (χ4n) is 2.85. The number of aromatic amines is 1. The Morgan fingerprint density at radius 1 is 1.43 bits per heavy atom. The molecule has 1 saturated heterocycles. The van der Waals surface area contributed by atoms with E-state index in [1.54, 1.807) is 6.07 Å². The number of nitrogens with one attached hydrogen (secondary N) is 1. The molecule has 0 bridgehead atoms. The molecule has 2 unspecified atom stereocenters. The maximum absolute atomic E-state index is 13.2. The first-order chi connectivity index (χ1) is 10.1. The molecule has 2 aromatic rings. The molecule has 21 heavy (non-hydrogen) atoms. The molecule has 0 radical (unpaired) electrons. The van der Waals surface area contributed by atoms with Crippen LogP contribution in [0.2, 0.25) is 0 Å². The molecule has 112 valence electrons. The molecular formula is C15H20FN5. The topological polar surface area (TPSA) is 70.8 Å². The van der Waals surface area contributed by atoms with E-state index >= 15 is 0 Å². The molecular weight excluding hydrogens is 269 g/mol. The van der Waals surface area contributed by atoms with Crippen molar-refractivity contribution in [3.63, 3.8) is 0 Å². The Kier molecular flexibility index (Phi) is 3.63. The molecule has 0 amide bonds. The van der Waals surface area contributed by atoms with Crippen molar-refractivity contribution in [3.05, 3.63) is 29.6 Å². The number of anilines is 1. The third-order valence-electron chi connectivity index (χ3n) is 4.22. The van der Waals surface area contributed by atoms with E-state index in [2.05, 4.69) is 27.0 Å². The molecule has 1 fully saturated rings. The average molecular weight is 289 g/mol. The molecule has 0 saturated carbocycles. The SMILES string of the molecule is Cc1cc(F)ccc1-c1nc(N2CCCC(N)C2C)n[nH]1. The van der Waals surface area contributed by atoms with Crippen molar-refractivity contribution in [3.8, 4) is 11.4 Å². The summed E-state index contributed by atoms with van der Waals surface area (Å²) in [5, 5.41) is 7.25. The van der Waals surface area contributed by atoms with Gasteiger partial charge in [-0.2, -0.15) is 4.98 Å². The molecule has 5 nitrogen and oxygen atoms in total. The van der Waals surface area contributed by atoms with Crippen molar-refractivity contribution >= 4 is 5.95 Å². The molecule has 0 spiro atoms. The van der Waals surface area contributed by atoms with Gasteiger partial charge in [0.2, 0.25) is 5.95 Å². The van der Waals surface area contributed by atoms with E-state index in [0.717, 1.165) is 30.5 Å². The summed E-state index contributed by atoms with van der Waals surface area (Å²) in [4.78, 5) is 6.69. The molecule has 0 aliphatic carbocycles. The average Bonchev–Trinajstić information content (AvgIpc) is 2.91. The zero-order valence-electron chi connectivity index (χ0n) is 12.3. The summed E-state index contributed by atoms with van der Waals surface area (Å²) >= 11 is 0. The van der Waals surface area contributed by atoms with E-state index in [0.29, 0.717) is 11.8 Å². The van der Waals surface area contributed by atoms with Gasteiger partial charge < -0.3 is 10.6 Å². The van der Waals surface area contributed by atoms with Gasteiger partial charge in [-0.1, -0.05) is 0 Å². The molecule has 1 aliphatic rings.